The molecule has 0 aliphatic heterocycles. The number of amides is 1. The molecule has 1 atom stereocenters. The number of hydrogen-bond acceptors (Lipinski definition) is 3. The molecular weight excluding hydrogens is 318 g/mol. The molecule has 0 spiro atoms. The Balaban J connectivity index is 1.55. The molecular formula is C19H19N3OS. The number of rotatable bonds is 6. The summed E-state index contributed by atoms with van der Waals surface area (Å²) in [4.78, 5) is 12.3. The van der Waals surface area contributed by atoms with Gasteiger partial charge in [0.25, 0.3) is 0 Å². The lowest BCUT2D eigenvalue weighted by Crippen LogP contribution is -2.22. The lowest BCUT2D eigenvalue weighted by molar-refractivity contribution is -0.115. The third kappa shape index (κ3) is 4.26. The van der Waals surface area contributed by atoms with E-state index in [1.807, 2.05) is 61.7 Å². The third-order valence-electron chi connectivity index (χ3n) is 3.57. The summed E-state index contributed by atoms with van der Waals surface area (Å²) in [6.07, 6.45) is 1.84. The van der Waals surface area contributed by atoms with Gasteiger partial charge in [-0.05, 0) is 24.6 Å². The van der Waals surface area contributed by atoms with Crippen molar-refractivity contribution in [1.82, 2.24) is 9.78 Å². The Hall–Kier alpha value is -2.53. The molecule has 1 aromatic heterocycles. The van der Waals surface area contributed by atoms with E-state index in [2.05, 4.69) is 22.5 Å². The fourth-order valence-electron chi connectivity index (χ4n) is 2.21. The van der Waals surface area contributed by atoms with Gasteiger partial charge in [0.05, 0.1) is 10.9 Å². The van der Waals surface area contributed by atoms with Crippen LogP contribution in [0.4, 0.5) is 5.82 Å². The first-order chi connectivity index (χ1) is 11.7. The normalized spacial score (nSPS) is 11.9. The largest absolute Gasteiger partial charge is 0.308 e. The second-order valence-electron chi connectivity index (χ2n) is 5.41. The van der Waals surface area contributed by atoms with E-state index in [0.717, 1.165) is 11.4 Å². The summed E-state index contributed by atoms with van der Waals surface area (Å²) in [6, 6.07) is 21.8. The van der Waals surface area contributed by atoms with Crippen molar-refractivity contribution in [2.75, 3.05) is 5.32 Å². The van der Waals surface area contributed by atoms with Crippen molar-refractivity contribution in [3.8, 4) is 5.69 Å². The molecule has 0 aliphatic rings. The van der Waals surface area contributed by atoms with Gasteiger partial charge in [0.2, 0.25) is 5.91 Å². The molecule has 4 nitrogen and oxygen atoms in total. The zero-order chi connectivity index (χ0) is 16.8. The highest BCUT2D eigenvalue weighted by molar-refractivity contribution is 7.99. The minimum Gasteiger partial charge on any atom is -0.308 e. The molecule has 0 saturated heterocycles. The lowest BCUT2D eigenvalue weighted by Gasteiger charge is -2.10. The fraction of sp³-hybridized carbons (Fsp3) is 0.158. The molecule has 3 rings (SSSR count). The van der Waals surface area contributed by atoms with Gasteiger partial charge in [0.1, 0.15) is 0 Å². The van der Waals surface area contributed by atoms with Crippen LogP contribution >= 0.6 is 11.8 Å². The van der Waals surface area contributed by atoms with Gasteiger partial charge in [-0.2, -0.15) is 5.10 Å². The predicted octanol–water partition coefficient (Wildman–Crippen LogP) is 4.13. The number of carbonyl (C=O) groups is 1. The van der Waals surface area contributed by atoms with Crippen LogP contribution in [0.25, 0.3) is 5.69 Å². The van der Waals surface area contributed by atoms with Crippen LogP contribution in [0.5, 0.6) is 0 Å². The van der Waals surface area contributed by atoms with E-state index in [1.54, 1.807) is 22.5 Å². The average Bonchev–Trinajstić information content (AvgIpc) is 3.10. The number of hydrogen-bond donors (Lipinski definition) is 1. The molecule has 3 aromatic rings. The van der Waals surface area contributed by atoms with E-state index < -0.39 is 0 Å². The van der Waals surface area contributed by atoms with Crippen molar-refractivity contribution in [2.24, 2.45) is 0 Å². The van der Waals surface area contributed by atoms with Gasteiger partial charge in [-0.15, -0.1) is 11.8 Å². The van der Waals surface area contributed by atoms with Gasteiger partial charge in [0, 0.05) is 18.0 Å². The Labute approximate surface area is 145 Å². The quantitative estimate of drug-likeness (QED) is 0.735. The van der Waals surface area contributed by atoms with E-state index in [9.17, 15) is 4.79 Å². The Kier molecular flexibility index (Phi) is 5.33. The van der Waals surface area contributed by atoms with Crippen LogP contribution in [0, 0.1) is 0 Å². The van der Waals surface area contributed by atoms with Crippen LogP contribution < -0.4 is 5.32 Å². The number of nitrogens with one attached hydrogen (secondary N) is 1. The molecule has 0 fully saturated rings. The third-order valence-corrected chi connectivity index (χ3v) is 4.79. The smallest absolute Gasteiger partial charge is 0.238 e. The van der Waals surface area contributed by atoms with Crippen LogP contribution in [0.15, 0.2) is 72.9 Å². The first-order valence-electron chi connectivity index (χ1n) is 7.80. The van der Waals surface area contributed by atoms with E-state index >= 15 is 0 Å². The topological polar surface area (TPSA) is 46.9 Å². The second-order valence-corrected chi connectivity index (χ2v) is 6.74. The summed E-state index contributed by atoms with van der Waals surface area (Å²) in [5, 5.41) is 7.13. The zero-order valence-corrected chi connectivity index (χ0v) is 14.2. The number of aromatic nitrogens is 2. The van der Waals surface area contributed by atoms with Crippen LogP contribution in [-0.4, -0.2) is 20.9 Å². The number of para-hydroxylation sites is 1. The van der Waals surface area contributed by atoms with Gasteiger partial charge in [-0.25, -0.2) is 4.68 Å². The molecule has 1 N–H and O–H groups in total. The first-order valence-corrected chi connectivity index (χ1v) is 8.85. The summed E-state index contributed by atoms with van der Waals surface area (Å²) in [5.74, 6) is 1.35. The number of carbonyl (C=O) groups excluding carboxylic acids is 1. The minimum absolute atomic E-state index is 0.0331. The van der Waals surface area contributed by atoms with Crippen molar-refractivity contribution in [3.63, 3.8) is 0 Å². The standard InChI is InChI=1S/C19H19N3OS/c1-15(24-14-16-8-4-2-5-9-16)19(23)20-18-12-13-22(21-18)17-10-6-3-7-11-17/h2-13,15H,14H2,1H3,(H,20,21,23)/t15-/m1/s1. The molecule has 0 bridgehead atoms. The number of nitrogens with zero attached hydrogens (tertiary/aromatic N) is 2. The molecule has 2 aromatic carbocycles. The summed E-state index contributed by atoms with van der Waals surface area (Å²) < 4.78 is 1.75. The maximum absolute atomic E-state index is 12.3. The molecule has 24 heavy (non-hydrogen) atoms. The zero-order valence-electron chi connectivity index (χ0n) is 13.4. The Morgan fingerprint density at radius 1 is 1.08 bits per heavy atom. The monoisotopic (exact) mass is 337 g/mol. The van der Waals surface area contributed by atoms with E-state index in [-0.39, 0.29) is 11.2 Å². The van der Waals surface area contributed by atoms with E-state index in [4.69, 9.17) is 0 Å². The molecule has 1 amide bonds. The minimum atomic E-state index is -0.146. The fourth-order valence-corrected chi connectivity index (χ4v) is 3.06. The van der Waals surface area contributed by atoms with Gasteiger partial charge in [0.15, 0.2) is 5.82 Å². The Morgan fingerprint density at radius 3 is 2.46 bits per heavy atom. The average molecular weight is 337 g/mol. The molecule has 0 saturated carbocycles. The van der Waals surface area contributed by atoms with E-state index in [1.165, 1.54) is 5.56 Å². The molecule has 0 unspecified atom stereocenters. The summed E-state index contributed by atoms with van der Waals surface area (Å²) in [5.41, 5.74) is 2.18. The first kappa shape index (κ1) is 16.3. The Morgan fingerprint density at radius 2 is 1.75 bits per heavy atom. The highest BCUT2D eigenvalue weighted by Crippen LogP contribution is 2.19. The Bertz CT molecular complexity index is 787. The van der Waals surface area contributed by atoms with Crippen LogP contribution in [0.3, 0.4) is 0 Å². The summed E-state index contributed by atoms with van der Waals surface area (Å²) in [6.45, 7) is 1.91. The van der Waals surface area contributed by atoms with Crippen LogP contribution in [0.2, 0.25) is 0 Å². The van der Waals surface area contributed by atoms with Crippen molar-refractivity contribution in [2.45, 2.75) is 17.9 Å². The summed E-state index contributed by atoms with van der Waals surface area (Å²) in [7, 11) is 0. The van der Waals surface area contributed by atoms with Crippen molar-refractivity contribution < 1.29 is 4.79 Å². The van der Waals surface area contributed by atoms with Crippen molar-refractivity contribution >= 4 is 23.5 Å². The van der Waals surface area contributed by atoms with Crippen LogP contribution in [-0.2, 0) is 10.5 Å². The predicted molar refractivity (Wildman–Crippen MR) is 99.4 cm³/mol. The highest BCUT2D eigenvalue weighted by Gasteiger charge is 2.15. The molecule has 1 heterocycles. The van der Waals surface area contributed by atoms with Crippen molar-refractivity contribution in [3.05, 3.63) is 78.5 Å². The molecule has 0 aliphatic carbocycles. The van der Waals surface area contributed by atoms with Gasteiger partial charge in [-0.1, -0.05) is 48.5 Å². The SMILES string of the molecule is C[C@@H](SCc1ccccc1)C(=O)Nc1ccn(-c2ccccc2)n1. The van der Waals surface area contributed by atoms with Crippen LogP contribution in [0.1, 0.15) is 12.5 Å². The maximum Gasteiger partial charge on any atom is 0.238 e. The van der Waals surface area contributed by atoms with Gasteiger partial charge < -0.3 is 5.32 Å². The number of anilines is 1. The number of thioether (sulfide) groups is 1. The molecule has 5 heteroatoms. The summed E-state index contributed by atoms with van der Waals surface area (Å²) >= 11 is 1.61. The second kappa shape index (κ2) is 7.84. The van der Waals surface area contributed by atoms with Gasteiger partial charge in [-0.3, -0.25) is 4.79 Å². The maximum atomic E-state index is 12.3. The van der Waals surface area contributed by atoms with E-state index in [0.29, 0.717) is 5.82 Å². The highest BCUT2D eigenvalue weighted by atomic mass is 32.2. The number of benzene rings is 2. The van der Waals surface area contributed by atoms with Gasteiger partial charge >= 0.3 is 0 Å². The molecule has 122 valence electrons. The molecule has 0 radical (unpaired) electrons. The van der Waals surface area contributed by atoms with Crippen molar-refractivity contribution in [1.29, 1.82) is 0 Å². The lowest BCUT2D eigenvalue weighted by atomic mass is 10.2.